The number of nitrogens with one attached hydrogen (secondary N) is 1. The number of carbonyl (C=O) groups is 1. The van der Waals surface area contributed by atoms with Crippen LogP contribution in [0.3, 0.4) is 0 Å². The van der Waals surface area contributed by atoms with Gasteiger partial charge in [-0.05, 0) is 44.4 Å². The van der Waals surface area contributed by atoms with Gasteiger partial charge >= 0.3 is 0 Å². The number of aryl methyl sites for hydroxylation is 2. The topological polar surface area (TPSA) is 76.8 Å². The molecule has 1 N–H and O–H groups in total. The van der Waals surface area contributed by atoms with E-state index in [1.165, 1.54) is 0 Å². The summed E-state index contributed by atoms with van der Waals surface area (Å²) in [5.41, 5.74) is 1.96. The summed E-state index contributed by atoms with van der Waals surface area (Å²) in [5, 5.41) is 7.07. The van der Waals surface area contributed by atoms with E-state index in [-0.39, 0.29) is 24.2 Å². The summed E-state index contributed by atoms with van der Waals surface area (Å²) in [7, 11) is 0. The minimum absolute atomic E-state index is 0.0362. The Hall–Kier alpha value is -2.38. The van der Waals surface area contributed by atoms with Crippen molar-refractivity contribution < 1.29 is 18.8 Å². The Morgan fingerprint density at radius 2 is 2.27 bits per heavy atom. The molecule has 7 heteroatoms. The van der Waals surface area contributed by atoms with Crippen LogP contribution in [0.25, 0.3) is 0 Å². The molecule has 1 spiro atoms. The molecule has 0 unspecified atom stereocenters. The van der Waals surface area contributed by atoms with Crippen LogP contribution < -0.4 is 10.1 Å². The van der Waals surface area contributed by atoms with Gasteiger partial charge < -0.3 is 19.3 Å². The van der Waals surface area contributed by atoms with Crippen molar-refractivity contribution in [1.29, 1.82) is 0 Å². The first-order valence-corrected chi connectivity index (χ1v) is 10.8. The highest BCUT2D eigenvalue weighted by Gasteiger charge is 2.62. The average Bonchev–Trinajstić information content (AvgIpc) is 3.46. The van der Waals surface area contributed by atoms with E-state index in [1.54, 1.807) is 0 Å². The van der Waals surface area contributed by atoms with Gasteiger partial charge in [-0.2, -0.15) is 0 Å². The zero-order valence-electron chi connectivity index (χ0n) is 17.6. The molecule has 30 heavy (non-hydrogen) atoms. The number of benzene rings is 1. The van der Waals surface area contributed by atoms with Crippen LogP contribution in [0.5, 0.6) is 5.75 Å². The van der Waals surface area contributed by atoms with E-state index < -0.39 is 0 Å². The van der Waals surface area contributed by atoms with Gasteiger partial charge in [-0.15, -0.1) is 0 Å². The number of ether oxygens (including phenoxy) is 2. The third kappa shape index (κ3) is 3.72. The monoisotopic (exact) mass is 411 g/mol. The molecule has 4 heterocycles. The van der Waals surface area contributed by atoms with Gasteiger partial charge in [0.2, 0.25) is 0 Å². The molecule has 3 fully saturated rings. The molecule has 0 saturated carbocycles. The van der Waals surface area contributed by atoms with Crippen molar-refractivity contribution in [3.05, 3.63) is 47.3 Å². The molecular weight excluding hydrogens is 382 g/mol. The molecule has 4 atom stereocenters. The second kappa shape index (κ2) is 7.71. The van der Waals surface area contributed by atoms with Crippen molar-refractivity contribution in [1.82, 2.24) is 15.4 Å². The van der Waals surface area contributed by atoms with Gasteiger partial charge in [-0.3, -0.25) is 9.69 Å². The molecule has 3 saturated heterocycles. The highest BCUT2D eigenvalue weighted by molar-refractivity contribution is 5.77. The van der Waals surface area contributed by atoms with Crippen molar-refractivity contribution in [2.24, 2.45) is 11.8 Å². The zero-order valence-corrected chi connectivity index (χ0v) is 17.6. The number of rotatable bonds is 7. The number of amides is 1. The predicted octanol–water partition coefficient (Wildman–Crippen LogP) is 2.47. The fourth-order valence-electron chi connectivity index (χ4n) is 5.53. The summed E-state index contributed by atoms with van der Waals surface area (Å²) in [6, 6.07) is 9.74. The van der Waals surface area contributed by atoms with Crippen LogP contribution in [-0.4, -0.2) is 53.9 Å². The highest BCUT2D eigenvalue weighted by atomic mass is 16.5. The first kappa shape index (κ1) is 19.6. The van der Waals surface area contributed by atoms with Gasteiger partial charge in [-0.25, -0.2) is 0 Å². The molecule has 7 nitrogen and oxygen atoms in total. The van der Waals surface area contributed by atoms with Crippen LogP contribution in [0, 0.1) is 25.7 Å². The third-order valence-electron chi connectivity index (χ3n) is 6.80. The van der Waals surface area contributed by atoms with Crippen LogP contribution in [0.2, 0.25) is 0 Å². The predicted molar refractivity (Wildman–Crippen MR) is 110 cm³/mol. The van der Waals surface area contributed by atoms with Crippen LogP contribution in [-0.2, 0) is 16.1 Å². The first-order valence-electron chi connectivity index (χ1n) is 10.8. The number of likely N-dealkylation sites (tertiary alicyclic amines) is 1. The lowest BCUT2D eigenvalue weighted by molar-refractivity contribution is -0.123. The second-order valence-electron chi connectivity index (χ2n) is 9.04. The molecule has 1 amide bonds. The number of carbonyl (C=O) groups excluding carboxylic acids is 1. The second-order valence-corrected chi connectivity index (χ2v) is 9.04. The molecule has 5 rings (SSSR count). The maximum absolute atomic E-state index is 12.4. The number of hydrogen-bond donors (Lipinski definition) is 1. The van der Waals surface area contributed by atoms with E-state index in [9.17, 15) is 4.79 Å². The van der Waals surface area contributed by atoms with E-state index in [0.29, 0.717) is 18.4 Å². The van der Waals surface area contributed by atoms with E-state index in [1.807, 2.05) is 44.2 Å². The molecule has 2 aromatic rings. The minimum atomic E-state index is -0.0830. The Balaban J connectivity index is 1.15. The lowest BCUT2D eigenvalue weighted by atomic mass is 9.73. The van der Waals surface area contributed by atoms with Gasteiger partial charge in [0.25, 0.3) is 5.91 Å². The number of aromatic nitrogens is 1. The summed E-state index contributed by atoms with van der Waals surface area (Å²) < 4.78 is 17.5. The van der Waals surface area contributed by atoms with Crippen LogP contribution in [0.1, 0.15) is 29.9 Å². The molecule has 0 aliphatic carbocycles. The summed E-state index contributed by atoms with van der Waals surface area (Å²) in [6.07, 6.45) is 2.43. The van der Waals surface area contributed by atoms with Crippen LogP contribution >= 0.6 is 0 Å². The Kier molecular flexibility index (Phi) is 5.03. The third-order valence-corrected chi connectivity index (χ3v) is 6.80. The lowest BCUT2D eigenvalue weighted by Gasteiger charge is -2.29. The molecule has 3 aliphatic rings. The van der Waals surface area contributed by atoms with E-state index in [0.717, 1.165) is 55.2 Å². The number of nitrogens with zero attached hydrogens (tertiary/aromatic N) is 2. The van der Waals surface area contributed by atoms with Crippen molar-refractivity contribution in [2.75, 3.05) is 26.2 Å². The zero-order chi connectivity index (χ0) is 20.7. The van der Waals surface area contributed by atoms with Gasteiger partial charge in [0.1, 0.15) is 5.75 Å². The Bertz CT molecular complexity index is 929. The smallest absolute Gasteiger partial charge is 0.257 e. The van der Waals surface area contributed by atoms with E-state index in [4.69, 9.17) is 14.0 Å². The highest BCUT2D eigenvalue weighted by Crippen LogP contribution is 2.54. The SMILES string of the molecule is Cc1cccc(OCC(=O)NC[C@H]2[C@H]3CN(Cc4cc(C)no4)C[C@]34CC[C@H]2O4)c1. The summed E-state index contributed by atoms with van der Waals surface area (Å²) >= 11 is 0. The quantitative estimate of drug-likeness (QED) is 0.754. The standard InChI is InChI=1S/C23H29N3O4/c1-15-4-3-5-17(8-15)28-13-22(27)24-10-19-20-12-26(11-18-9-16(2)25-30-18)14-23(20)7-6-21(19)29-23/h3-5,8-9,19-21H,6-7,10-14H2,1-2H3,(H,24,27)/t19-,20+,21+,23+/m0/s1. The molecule has 1 aromatic carbocycles. The minimum Gasteiger partial charge on any atom is -0.484 e. The fraction of sp³-hybridized carbons (Fsp3) is 0.565. The molecule has 2 bridgehead atoms. The van der Waals surface area contributed by atoms with Crippen molar-refractivity contribution >= 4 is 5.91 Å². The maximum Gasteiger partial charge on any atom is 0.257 e. The van der Waals surface area contributed by atoms with Crippen molar-refractivity contribution in [3.63, 3.8) is 0 Å². The molecule has 0 radical (unpaired) electrons. The lowest BCUT2D eigenvalue weighted by Crippen LogP contribution is -2.42. The van der Waals surface area contributed by atoms with Gasteiger partial charge in [0.15, 0.2) is 12.4 Å². The summed E-state index contributed by atoms with van der Waals surface area (Å²) in [4.78, 5) is 14.8. The van der Waals surface area contributed by atoms with E-state index in [2.05, 4.69) is 15.4 Å². The number of fused-ring (bicyclic) bond motifs is 1. The Morgan fingerprint density at radius 1 is 1.37 bits per heavy atom. The Labute approximate surface area is 176 Å². The normalized spacial score (nSPS) is 29.9. The summed E-state index contributed by atoms with van der Waals surface area (Å²) in [5.74, 6) is 2.33. The van der Waals surface area contributed by atoms with Gasteiger partial charge in [-0.1, -0.05) is 17.3 Å². The van der Waals surface area contributed by atoms with Crippen molar-refractivity contribution in [3.8, 4) is 5.75 Å². The first-order chi connectivity index (χ1) is 14.5. The van der Waals surface area contributed by atoms with Gasteiger partial charge in [0.05, 0.1) is 23.9 Å². The van der Waals surface area contributed by atoms with Gasteiger partial charge in [0, 0.05) is 37.5 Å². The molecule has 160 valence electrons. The van der Waals surface area contributed by atoms with E-state index >= 15 is 0 Å². The summed E-state index contributed by atoms with van der Waals surface area (Å²) in [6.45, 7) is 7.28. The molecule has 1 aromatic heterocycles. The van der Waals surface area contributed by atoms with Crippen molar-refractivity contribution in [2.45, 2.75) is 44.9 Å². The molecular formula is C23H29N3O4. The maximum atomic E-state index is 12.4. The number of hydrogen-bond acceptors (Lipinski definition) is 6. The van der Waals surface area contributed by atoms with Crippen LogP contribution in [0.15, 0.2) is 34.9 Å². The average molecular weight is 412 g/mol. The Morgan fingerprint density at radius 3 is 3.07 bits per heavy atom. The molecule has 3 aliphatic heterocycles. The largest absolute Gasteiger partial charge is 0.484 e. The van der Waals surface area contributed by atoms with Crippen LogP contribution in [0.4, 0.5) is 0 Å². The fourth-order valence-corrected chi connectivity index (χ4v) is 5.53.